The zero-order valence-electron chi connectivity index (χ0n) is 17.8. The lowest BCUT2D eigenvalue weighted by Gasteiger charge is -2.15. The molecule has 0 saturated carbocycles. The number of benzene rings is 1. The molecule has 1 aromatic rings. The largest absolute Gasteiger partial charge is 0.493 e. The highest BCUT2D eigenvalue weighted by Crippen LogP contribution is 2.22. The van der Waals surface area contributed by atoms with Crippen molar-refractivity contribution in [1.29, 1.82) is 0 Å². The van der Waals surface area contributed by atoms with Crippen molar-refractivity contribution in [2.75, 3.05) is 33.8 Å². The molecule has 0 aliphatic heterocycles. The van der Waals surface area contributed by atoms with Crippen molar-refractivity contribution in [1.82, 2.24) is 15.5 Å². The van der Waals surface area contributed by atoms with Gasteiger partial charge in [0.2, 0.25) is 5.91 Å². The topological polar surface area (TPSA) is 66.0 Å². The Labute approximate surface area is 164 Å². The first-order valence-corrected chi connectivity index (χ1v) is 9.78. The first-order chi connectivity index (χ1) is 12.8. The summed E-state index contributed by atoms with van der Waals surface area (Å²) in [5.41, 5.74) is 2.24. The van der Waals surface area contributed by atoms with E-state index in [-0.39, 0.29) is 5.91 Å². The summed E-state index contributed by atoms with van der Waals surface area (Å²) in [6, 6.07) is 6.22. The van der Waals surface area contributed by atoms with Gasteiger partial charge in [-0.25, -0.2) is 4.99 Å². The number of carbonyl (C=O) groups excluding carboxylic acids is 1. The van der Waals surface area contributed by atoms with Gasteiger partial charge in [0.1, 0.15) is 5.75 Å². The molecule has 1 amide bonds. The summed E-state index contributed by atoms with van der Waals surface area (Å²) in [6.07, 6.45) is 1.46. The number of rotatable bonds is 10. The molecule has 0 unspecified atom stereocenters. The third-order valence-corrected chi connectivity index (χ3v) is 4.06. The van der Waals surface area contributed by atoms with Crippen molar-refractivity contribution in [2.24, 2.45) is 10.9 Å². The van der Waals surface area contributed by atoms with Gasteiger partial charge in [-0.15, -0.1) is 0 Å². The van der Waals surface area contributed by atoms with Crippen LogP contribution in [0.1, 0.15) is 44.7 Å². The van der Waals surface area contributed by atoms with Gasteiger partial charge >= 0.3 is 0 Å². The van der Waals surface area contributed by atoms with Gasteiger partial charge in [-0.3, -0.25) is 4.79 Å². The molecule has 0 atom stereocenters. The van der Waals surface area contributed by atoms with E-state index < -0.39 is 0 Å². The maximum absolute atomic E-state index is 11.7. The molecule has 0 aliphatic carbocycles. The molecule has 1 aromatic carbocycles. The van der Waals surface area contributed by atoms with Crippen molar-refractivity contribution < 1.29 is 9.53 Å². The number of hydrogen-bond acceptors (Lipinski definition) is 3. The molecule has 0 bridgehead atoms. The fraction of sp³-hybridized carbons (Fsp3) is 0.619. The van der Waals surface area contributed by atoms with Gasteiger partial charge in [-0.05, 0) is 37.8 Å². The zero-order valence-corrected chi connectivity index (χ0v) is 17.8. The molecule has 2 N–H and O–H groups in total. The lowest BCUT2D eigenvalue weighted by Crippen LogP contribution is -2.39. The number of carbonyl (C=O) groups is 1. The summed E-state index contributed by atoms with van der Waals surface area (Å²) in [4.78, 5) is 17.9. The number of aryl methyl sites for hydroxylation is 1. The first kappa shape index (κ1) is 22.8. The molecule has 0 fully saturated rings. The van der Waals surface area contributed by atoms with E-state index in [0.717, 1.165) is 24.3 Å². The van der Waals surface area contributed by atoms with E-state index >= 15 is 0 Å². The molecule has 0 spiro atoms. The van der Waals surface area contributed by atoms with Gasteiger partial charge in [0.15, 0.2) is 5.96 Å². The maximum Gasteiger partial charge on any atom is 0.223 e. The molecule has 6 nitrogen and oxygen atoms in total. The average molecular weight is 377 g/mol. The molecule has 0 radical (unpaired) electrons. The summed E-state index contributed by atoms with van der Waals surface area (Å²) in [6.45, 7) is 11.0. The van der Waals surface area contributed by atoms with E-state index in [1.165, 1.54) is 5.56 Å². The molecule has 0 aliphatic rings. The number of aliphatic imine (C=N–C) groups is 1. The summed E-state index contributed by atoms with van der Waals surface area (Å²) in [5.74, 6) is 2.32. The predicted octanol–water partition coefficient (Wildman–Crippen LogP) is 2.95. The Morgan fingerprint density at radius 3 is 2.63 bits per heavy atom. The minimum Gasteiger partial charge on any atom is -0.493 e. The Balaban J connectivity index is 2.72. The molecule has 0 saturated heterocycles. The van der Waals surface area contributed by atoms with Gasteiger partial charge in [0.25, 0.3) is 0 Å². The van der Waals surface area contributed by atoms with Crippen LogP contribution < -0.4 is 15.4 Å². The van der Waals surface area contributed by atoms with Crippen LogP contribution in [0.25, 0.3) is 0 Å². The monoisotopic (exact) mass is 376 g/mol. The van der Waals surface area contributed by atoms with Crippen molar-refractivity contribution in [3.63, 3.8) is 0 Å². The fourth-order valence-electron chi connectivity index (χ4n) is 2.35. The Bertz CT molecular complexity index is 612. The SMILES string of the molecule is CCNC(=NCc1ccc(C)cc1OCCC(C)C)NCCC(=O)N(C)C. The Kier molecular flexibility index (Phi) is 10.3. The maximum atomic E-state index is 11.7. The molecule has 0 heterocycles. The normalized spacial score (nSPS) is 11.4. The molecule has 152 valence electrons. The van der Waals surface area contributed by atoms with Crippen LogP contribution in [-0.2, 0) is 11.3 Å². The highest BCUT2D eigenvalue weighted by molar-refractivity contribution is 5.81. The highest BCUT2D eigenvalue weighted by atomic mass is 16.5. The van der Waals surface area contributed by atoms with E-state index in [4.69, 9.17) is 4.74 Å². The lowest BCUT2D eigenvalue weighted by molar-refractivity contribution is -0.128. The van der Waals surface area contributed by atoms with Gasteiger partial charge in [-0.1, -0.05) is 26.0 Å². The summed E-state index contributed by atoms with van der Waals surface area (Å²) in [5, 5.41) is 6.43. The van der Waals surface area contributed by atoms with Crippen LogP contribution in [-0.4, -0.2) is 50.6 Å². The Morgan fingerprint density at radius 2 is 2.00 bits per heavy atom. The third kappa shape index (κ3) is 9.31. The van der Waals surface area contributed by atoms with Gasteiger partial charge in [0.05, 0.1) is 13.2 Å². The Morgan fingerprint density at radius 1 is 1.26 bits per heavy atom. The van der Waals surface area contributed by atoms with Gasteiger partial charge in [-0.2, -0.15) is 0 Å². The van der Waals surface area contributed by atoms with Crippen molar-refractivity contribution in [2.45, 2.75) is 47.1 Å². The van der Waals surface area contributed by atoms with Crippen molar-refractivity contribution in [3.8, 4) is 5.75 Å². The second-order valence-electron chi connectivity index (χ2n) is 7.30. The van der Waals surface area contributed by atoms with E-state index in [2.05, 4.69) is 54.6 Å². The van der Waals surface area contributed by atoms with Crippen molar-refractivity contribution in [3.05, 3.63) is 29.3 Å². The summed E-state index contributed by atoms with van der Waals surface area (Å²) >= 11 is 0. The van der Waals surface area contributed by atoms with E-state index in [1.54, 1.807) is 19.0 Å². The number of nitrogens with zero attached hydrogens (tertiary/aromatic N) is 2. The lowest BCUT2D eigenvalue weighted by atomic mass is 10.1. The van der Waals surface area contributed by atoms with Crippen LogP contribution in [0.3, 0.4) is 0 Å². The highest BCUT2D eigenvalue weighted by Gasteiger charge is 2.07. The number of guanidine groups is 1. The molecule has 6 heteroatoms. The van der Waals surface area contributed by atoms with Crippen LogP contribution in [0.5, 0.6) is 5.75 Å². The van der Waals surface area contributed by atoms with E-state index in [1.807, 2.05) is 6.92 Å². The van der Waals surface area contributed by atoms with Crippen molar-refractivity contribution >= 4 is 11.9 Å². The third-order valence-electron chi connectivity index (χ3n) is 4.06. The van der Waals surface area contributed by atoms with Crippen LogP contribution in [0, 0.1) is 12.8 Å². The number of amides is 1. The molecule has 0 aromatic heterocycles. The Hall–Kier alpha value is -2.24. The molecular weight excluding hydrogens is 340 g/mol. The smallest absolute Gasteiger partial charge is 0.223 e. The van der Waals surface area contributed by atoms with Crippen LogP contribution in [0.4, 0.5) is 0 Å². The second-order valence-corrected chi connectivity index (χ2v) is 7.30. The molecular formula is C21H36N4O2. The summed E-state index contributed by atoms with van der Waals surface area (Å²) in [7, 11) is 3.53. The van der Waals surface area contributed by atoms with Crippen LogP contribution in [0.15, 0.2) is 23.2 Å². The first-order valence-electron chi connectivity index (χ1n) is 9.78. The quantitative estimate of drug-likeness (QED) is 0.487. The number of hydrogen-bond donors (Lipinski definition) is 2. The fourth-order valence-corrected chi connectivity index (χ4v) is 2.35. The number of nitrogens with one attached hydrogen (secondary N) is 2. The minimum atomic E-state index is 0.0951. The molecule has 27 heavy (non-hydrogen) atoms. The molecule has 1 rings (SSSR count). The predicted molar refractivity (Wildman–Crippen MR) is 112 cm³/mol. The zero-order chi connectivity index (χ0) is 20.2. The standard InChI is InChI=1S/C21H36N4O2/c1-7-22-21(23-12-10-20(26)25(5)6)24-15-18-9-8-17(4)14-19(18)27-13-11-16(2)3/h8-9,14,16H,7,10-13,15H2,1-6H3,(H2,22,23,24). The number of ether oxygens (including phenoxy) is 1. The second kappa shape index (κ2) is 12.2. The van der Waals surface area contributed by atoms with Crippen LogP contribution in [0.2, 0.25) is 0 Å². The van der Waals surface area contributed by atoms with Gasteiger partial charge < -0.3 is 20.3 Å². The average Bonchev–Trinajstić information content (AvgIpc) is 2.60. The van der Waals surface area contributed by atoms with Crippen LogP contribution >= 0.6 is 0 Å². The van der Waals surface area contributed by atoms with E-state index in [9.17, 15) is 4.79 Å². The summed E-state index contributed by atoms with van der Waals surface area (Å²) < 4.78 is 6.00. The minimum absolute atomic E-state index is 0.0951. The van der Waals surface area contributed by atoms with Gasteiger partial charge in [0, 0.05) is 39.2 Å². The van der Waals surface area contributed by atoms with E-state index in [0.29, 0.717) is 38.0 Å².